The number of hydrogen-bond acceptors (Lipinski definition) is 6. The minimum absolute atomic E-state index is 0.00215. The summed E-state index contributed by atoms with van der Waals surface area (Å²) < 4.78 is 6.79. The number of nitrogens with zero attached hydrogens (tertiary/aromatic N) is 4. The van der Waals surface area contributed by atoms with Gasteiger partial charge in [0.2, 0.25) is 5.91 Å². The van der Waals surface area contributed by atoms with Crippen LogP contribution in [0.25, 0.3) is 11.0 Å². The molecule has 2 aromatic heterocycles. The van der Waals surface area contributed by atoms with Crippen LogP contribution in [0.3, 0.4) is 0 Å². The van der Waals surface area contributed by atoms with Crippen LogP contribution in [0.1, 0.15) is 44.8 Å². The summed E-state index contributed by atoms with van der Waals surface area (Å²) in [7, 11) is 0. The summed E-state index contributed by atoms with van der Waals surface area (Å²) in [4.78, 5) is 26.8. The highest BCUT2D eigenvalue weighted by Crippen LogP contribution is 2.23. The molecule has 0 aliphatic carbocycles. The van der Waals surface area contributed by atoms with E-state index in [4.69, 9.17) is 4.52 Å². The predicted molar refractivity (Wildman–Crippen MR) is 115 cm³/mol. The summed E-state index contributed by atoms with van der Waals surface area (Å²) in [5.74, 6) is 0.699. The number of para-hydroxylation sites is 1. The zero-order valence-electron chi connectivity index (χ0n) is 17.4. The maximum atomic E-state index is 12.6. The van der Waals surface area contributed by atoms with Gasteiger partial charge in [0.25, 0.3) is 5.56 Å². The Morgan fingerprint density at radius 1 is 1.23 bits per heavy atom. The Hall–Kier alpha value is -3.16. The number of amides is 1. The number of benzene rings is 1. The van der Waals surface area contributed by atoms with Crippen molar-refractivity contribution in [2.75, 3.05) is 18.0 Å². The maximum absolute atomic E-state index is 12.6. The SMILES string of the molecule is CC(C)n1nc(N2CCCCC2CNC(=O)Cc2noc3ccccc23)ccc1=O. The van der Waals surface area contributed by atoms with Gasteiger partial charge in [0.1, 0.15) is 11.5 Å². The molecular weight excluding hydrogens is 382 g/mol. The van der Waals surface area contributed by atoms with Gasteiger partial charge in [-0.3, -0.25) is 9.59 Å². The molecule has 158 valence electrons. The molecule has 3 aromatic rings. The molecule has 4 rings (SSSR count). The number of fused-ring (bicyclic) bond motifs is 1. The van der Waals surface area contributed by atoms with E-state index in [0.717, 1.165) is 37.0 Å². The normalized spacial score (nSPS) is 16.9. The van der Waals surface area contributed by atoms with Crippen molar-refractivity contribution >= 4 is 22.7 Å². The molecule has 1 aliphatic rings. The molecule has 0 spiro atoms. The molecule has 0 saturated carbocycles. The van der Waals surface area contributed by atoms with Crippen LogP contribution in [0.2, 0.25) is 0 Å². The van der Waals surface area contributed by atoms with Gasteiger partial charge in [-0.1, -0.05) is 17.3 Å². The molecule has 0 radical (unpaired) electrons. The second-order valence-electron chi connectivity index (χ2n) is 8.02. The lowest BCUT2D eigenvalue weighted by molar-refractivity contribution is -0.120. The summed E-state index contributed by atoms with van der Waals surface area (Å²) in [5, 5.41) is 12.5. The van der Waals surface area contributed by atoms with Gasteiger partial charge in [0.05, 0.1) is 12.5 Å². The van der Waals surface area contributed by atoms with E-state index in [1.54, 1.807) is 12.1 Å². The summed E-state index contributed by atoms with van der Waals surface area (Å²) >= 11 is 0. The lowest BCUT2D eigenvalue weighted by atomic mass is 10.0. The fourth-order valence-corrected chi connectivity index (χ4v) is 3.96. The van der Waals surface area contributed by atoms with Gasteiger partial charge in [0, 0.05) is 30.6 Å². The second-order valence-corrected chi connectivity index (χ2v) is 8.02. The molecule has 1 amide bonds. The Morgan fingerprint density at radius 3 is 2.90 bits per heavy atom. The van der Waals surface area contributed by atoms with E-state index in [2.05, 4.69) is 20.5 Å². The van der Waals surface area contributed by atoms with Gasteiger partial charge in [0.15, 0.2) is 5.58 Å². The fraction of sp³-hybridized carbons (Fsp3) is 0.455. The highest BCUT2D eigenvalue weighted by atomic mass is 16.5. The number of piperidine rings is 1. The van der Waals surface area contributed by atoms with E-state index in [-0.39, 0.29) is 30.0 Å². The van der Waals surface area contributed by atoms with Gasteiger partial charge in [-0.25, -0.2) is 4.68 Å². The molecule has 1 N–H and O–H groups in total. The number of carbonyl (C=O) groups excluding carboxylic acids is 1. The van der Waals surface area contributed by atoms with Crippen molar-refractivity contribution in [3.05, 3.63) is 52.4 Å². The summed E-state index contributed by atoms with van der Waals surface area (Å²) in [6, 6.07) is 11.0. The molecular formula is C22H27N5O3. The number of aromatic nitrogens is 3. The van der Waals surface area contributed by atoms with Crippen LogP contribution in [-0.2, 0) is 11.2 Å². The monoisotopic (exact) mass is 409 g/mol. The maximum Gasteiger partial charge on any atom is 0.267 e. The van der Waals surface area contributed by atoms with Crippen molar-refractivity contribution < 1.29 is 9.32 Å². The quantitative estimate of drug-likeness (QED) is 0.673. The van der Waals surface area contributed by atoms with E-state index >= 15 is 0 Å². The molecule has 1 aromatic carbocycles. The molecule has 8 nitrogen and oxygen atoms in total. The van der Waals surface area contributed by atoms with Crippen molar-refractivity contribution in [3.63, 3.8) is 0 Å². The molecule has 8 heteroatoms. The van der Waals surface area contributed by atoms with Crippen LogP contribution in [0.15, 0.2) is 45.7 Å². The largest absolute Gasteiger partial charge is 0.356 e. The third-order valence-electron chi connectivity index (χ3n) is 5.54. The second kappa shape index (κ2) is 8.69. The van der Waals surface area contributed by atoms with Crippen LogP contribution < -0.4 is 15.8 Å². The average Bonchev–Trinajstić information content (AvgIpc) is 3.15. The van der Waals surface area contributed by atoms with Crippen LogP contribution in [0.5, 0.6) is 0 Å². The van der Waals surface area contributed by atoms with Crippen molar-refractivity contribution in [2.45, 2.75) is 51.6 Å². The molecule has 0 bridgehead atoms. The Balaban J connectivity index is 1.43. The first-order chi connectivity index (χ1) is 14.5. The van der Waals surface area contributed by atoms with E-state index in [1.165, 1.54) is 4.68 Å². The van der Waals surface area contributed by atoms with Gasteiger partial charge in [-0.2, -0.15) is 5.10 Å². The lowest BCUT2D eigenvalue weighted by Crippen LogP contribution is -2.48. The molecule has 1 saturated heterocycles. The fourth-order valence-electron chi connectivity index (χ4n) is 3.96. The zero-order valence-corrected chi connectivity index (χ0v) is 17.4. The van der Waals surface area contributed by atoms with Crippen molar-refractivity contribution in [1.82, 2.24) is 20.3 Å². The van der Waals surface area contributed by atoms with Crippen molar-refractivity contribution in [2.24, 2.45) is 0 Å². The highest BCUT2D eigenvalue weighted by molar-refractivity contribution is 5.86. The standard InChI is InChI=1S/C22H27N5O3/c1-15(2)27-22(29)11-10-20(24-27)26-12-6-5-7-16(26)14-23-21(28)13-18-17-8-3-4-9-19(17)30-25-18/h3-4,8-11,15-16H,5-7,12-14H2,1-2H3,(H,23,28). The summed E-state index contributed by atoms with van der Waals surface area (Å²) in [6.07, 6.45) is 3.32. The Bertz CT molecular complexity index is 1090. The first kappa shape index (κ1) is 20.1. The molecule has 1 fully saturated rings. The molecule has 1 unspecified atom stereocenters. The van der Waals surface area contributed by atoms with E-state index in [0.29, 0.717) is 17.8 Å². The smallest absolute Gasteiger partial charge is 0.267 e. The molecule has 1 aliphatic heterocycles. The molecule has 30 heavy (non-hydrogen) atoms. The minimum Gasteiger partial charge on any atom is -0.356 e. The van der Waals surface area contributed by atoms with E-state index < -0.39 is 0 Å². The number of carbonyl (C=O) groups is 1. The third-order valence-corrected chi connectivity index (χ3v) is 5.54. The van der Waals surface area contributed by atoms with E-state index in [1.807, 2.05) is 38.1 Å². The van der Waals surface area contributed by atoms with Crippen LogP contribution in [0.4, 0.5) is 5.82 Å². The zero-order chi connectivity index (χ0) is 21.1. The summed E-state index contributed by atoms with van der Waals surface area (Å²) in [5.41, 5.74) is 1.23. The van der Waals surface area contributed by atoms with Crippen LogP contribution >= 0.6 is 0 Å². The number of hydrogen-bond donors (Lipinski definition) is 1. The van der Waals surface area contributed by atoms with Gasteiger partial charge >= 0.3 is 0 Å². The molecule has 1 atom stereocenters. The first-order valence-electron chi connectivity index (χ1n) is 10.5. The Morgan fingerprint density at radius 2 is 2.07 bits per heavy atom. The molecule has 3 heterocycles. The number of nitrogens with one attached hydrogen (secondary N) is 1. The van der Waals surface area contributed by atoms with Crippen LogP contribution in [0, 0.1) is 0 Å². The first-order valence-corrected chi connectivity index (χ1v) is 10.5. The summed E-state index contributed by atoms with van der Waals surface area (Å²) in [6.45, 7) is 5.27. The number of anilines is 1. The van der Waals surface area contributed by atoms with Crippen molar-refractivity contribution in [3.8, 4) is 0 Å². The Kier molecular flexibility index (Phi) is 5.83. The number of rotatable bonds is 6. The van der Waals surface area contributed by atoms with E-state index in [9.17, 15) is 9.59 Å². The topological polar surface area (TPSA) is 93.3 Å². The van der Waals surface area contributed by atoms with Gasteiger partial charge in [-0.15, -0.1) is 0 Å². The highest BCUT2D eigenvalue weighted by Gasteiger charge is 2.25. The Labute approximate surface area is 174 Å². The predicted octanol–water partition coefficient (Wildman–Crippen LogP) is 2.68. The minimum atomic E-state index is -0.101. The van der Waals surface area contributed by atoms with Gasteiger partial charge < -0.3 is 14.7 Å². The lowest BCUT2D eigenvalue weighted by Gasteiger charge is -2.37. The third kappa shape index (κ3) is 4.22. The van der Waals surface area contributed by atoms with Crippen molar-refractivity contribution in [1.29, 1.82) is 0 Å². The van der Waals surface area contributed by atoms with Gasteiger partial charge in [-0.05, 0) is 51.3 Å². The van der Waals surface area contributed by atoms with Crippen LogP contribution in [-0.4, -0.2) is 40.0 Å². The average molecular weight is 409 g/mol.